The molecule has 10 heteroatoms. The van der Waals surface area contributed by atoms with Crippen molar-refractivity contribution in [2.45, 2.75) is 25.6 Å². The van der Waals surface area contributed by atoms with Crippen molar-refractivity contribution in [3.05, 3.63) is 67.2 Å². The molecule has 0 fully saturated rings. The van der Waals surface area contributed by atoms with Gasteiger partial charge in [0.05, 0.1) is 11.3 Å². The van der Waals surface area contributed by atoms with Crippen molar-refractivity contribution < 1.29 is 17.6 Å². The highest BCUT2D eigenvalue weighted by molar-refractivity contribution is 5.80. The summed E-state index contributed by atoms with van der Waals surface area (Å²) in [5.74, 6) is 0.657. The van der Waals surface area contributed by atoms with E-state index in [-0.39, 0.29) is 11.9 Å². The molecule has 0 amide bonds. The highest BCUT2D eigenvalue weighted by Gasteiger charge is 2.31. The minimum atomic E-state index is -4.46. The van der Waals surface area contributed by atoms with E-state index in [0.717, 1.165) is 25.1 Å². The highest BCUT2D eigenvalue weighted by Crippen LogP contribution is 2.36. The summed E-state index contributed by atoms with van der Waals surface area (Å²) in [5, 5.41) is 6.55. The van der Waals surface area contributed by atoms with Crippen molar-refractivity contribution >= 4 is 11.8 Å². The normalized spacial score (nSPS) is 12.7. The van der Waals surface area contributed by atoms with Crippen LogP contribution in [0.5, 0.6) is 0 Å². The van der Waals surface area contributed by atoms with Gasteiger partial charge in [-0.05, 0) is 38.1 Å². The van der Waals surface area contributed by atoms with E-state index in [9.17, 15) is 13.2 Å². The van der Waals surface area contributed by atoms with Crippen LogP contribution in [0, 0.1) is 0 Å². The fourth-order valence-electron chi connectivity index (χ4n) is 3.43. The Labute approximate surface area is 188 Å². The second-order valence-electron chi connectivity index (χ2n) is 7.54. The molecule has 33 heavy (non-hydrogen) atoms. The van der Waals surface area contributed by atoms with Gasteiger partial charge in [-0.1, -0.05) is 18.2 Å². The first-order valence-corrected chi connectivity index (χ1v) is 10.4. The van der Waals surface area contributed by atoms with E-state index in [0.29, 0.717) is 35.1 Å². The van der Waals surface area contributed by atoms with Crippen molar-refractivity contribution in [1.82, 2.24) is 24.7 Å². The van der Waals surface area contributed by atoms with Gasteiger partial charge in [0.2, 0.25) is 5.95 Å². The van der Waals surface area contributed by atoms with Gasteiger partial charge in [0.1, 0.15) is 17.7 Å². The predicted octanol–water partition coefficient (Wildman–Crippen LogP) is 5.04. The maximum Gasteiger partial charge on any atom is 0.416 e. The topological polar surface area (TPSA) is 80.3 Å². The van der Waals surface area contributed by atoms with E-state index < -0.39 is 11.7 Å². The molecule has 0 aliphatic heterocycles. The standard InChI is InChI=1S/C23H23F3N6O/c1-3-4-9-27-14-15(2)29-21-28-10-8-18(30-21)20-19(31-22-32(20)11-12-33-22)16-6-5-7-17(13-16)23(24,25)26/h3,5-8,10-13,15,27H,1,4,9,14H2,2H3,(H,28,29,30). The van der Waals surface area contributed by atoms with Crippen molar-refractivity contribution in [3.63, 3.8) is 0 Å². The smallest absolute Gasteiger partial charge is 0.416 e. The summed E-state index contributed by atoms with van der Waals surface area (Å²) in [4.78, 5) is 13.3. The number of benzene rings is 1. The molecule has 172 valence electrons. The van der Waals surface area contributed by atoms with Crippen molar-refractivity contribution in [2.24, 2.45) is 0 Å². The van der Waals surface area contributed by atoms with Crippen molar-refractivity contribution in [2.75, 3.05) is 18.4 Å². The van der Waals surface area contributed by atoms with Crippen LogP contribution in [0.3, 0.4) is 0 Å². The number of hydrogen-bond acceptors (Lipinski definition) is 6. The molecule has 7 nitrogen and oxygen atoms in total. The number of hydrogen-bond donors (Lipinski definition) is 2. The Morgan fingerprint density at radius 2 is 2.09 bits per heavy atom. The average molecular weight is 456 g/mol. The van der Waals surface area contributed by atoms with Gasteiger partial charge in [-0.3, -0.25) is 4.40 Å². The van der Waals surface area contributed by atoms with Crippen LogP contribution in [0.4, 0.5) is 19.1 Å². The summed E-state index contributed by atoms with van der Waals surface area (Å²) in [6.07, 6.45) is 2.96. The number of rotatable bonds is 9. The Morgan fingerprint density at radius 3 is 2.88 bits per heavy atom. The minimum Gasteiger partial charge on any atom is -0.432 e. The fourth-order valence-corrected chi connectivity index (χ4v) is 3.43. The van der Waals surface area contributed by atoms with Gasteiger partial charge in [0.15, 0.2) is 0 Å². The van der Waals surface area contributed by atoms with E-state index >= 15 is 0 Å². The number of halogens is 3. The van der Waals surface area contributed by atoms with E-state index in [1.807, 2.05) is 13.0 Å². The molecular formula is C23H23F3N6O. The summed E-state index contributed by atoms with van der Waals surface area (Å²) in [7, 11) is 0. The molecule has 0 spiro atoms. The minimum absolute atomic E-state index is 0.0485. The van der Waals surface area contributed by atoms with E-state index in [4.69, 9.17) is 4.42 Å². The van der Waals surface area contributed by atoms with Crippen LogP contribution in [0.2, 0.25) is 0 Å². The molecule has 3 aromatic heterocycles. The highest BCUT2D eigenvalue weighted by atomic mass is 19.4. The molecule has 0 saturated heterocycles. The van der Waals surface area contributed by atoms with Gasteiger partial charge in [-0.2, -0.15) is 18.2 Å². The molecule has 3 heterocycles. The summed E-state index contributed by atoms with van der Waals surface area (Å²) < 4.78 is 46.9. The third-order valence-electron chi connectivity index (χ3n) is 4.97. The molecule has 2 N–H and O–H groups in total. The number of imidazole rings is 1. The molecule has 0 radical (unpaired) electrons. The first-order valence-electron chi connectivity index (χ1n) is 10.4. The molecule has 0 saturated carbocycles. The predicted molar refractivity (Wildman–Crippen MR) is 120 cm³/mol. The van der Waals surface area contributed by atoms with Crippen molar-refractivity contribution in [3.8, 4) is 22.6 Å². The Bertz CT molecular complexity index is 1250. The van der Waals surface area contributed by atoms with Gasteiger partial charge in [-0.15, -0.1) is 6.58 Å². The monoisotopic (exact) mass is 456 g/mol. The molecule has 4 rings (SSSR count). The number of anilines is 1. The first-order chi connectivity index (χ1) is 15.9. The number of fused-ring (bicyclic) bond motifs is 1. The lowest BCUT2D eigenvalue weighted by atomic mass is 10.1. The molecule has 1 unspecified atom stereocenters. The van der Waals surface area contributed by atoms with Gasteiger partial charge in [0, 0.05) is 30.5 Å². The van der Waals surface area contributed by atoms with Crippen LogP contribution in [-0.4, -0.2) is 38.5 Å². The lowest BCUT2D eigenvalue weighted by molar-refractivity contribution is -0.137. The first kappa shape index (κ1) is 22.5. The van der Waals surface area contributed by atoms with Gasteiger partial charge in [-0.25, -0.2) is 9.97 Å². The fraction of sp³-hybridized carbons (Fsp3) is 0.261. The quantitative estimate of drug-likeness (QED) is 0.271. The second-order valence-corrected chi connectivity index (χ2v) is 7.54. The Hall–Kier alpha value is -3.66. The number of aromatic nitrogens is 4. The van der Waals surface area contributed by atoms with Gasteiger partial charge in [0.25, 0.3) is 0 Å². The van der Waals surface area contributed by atoms with Crippen LogP contribution >= 0.6 is 0 Å². The lowest BCUT2D eigenvalue weighted by Crippen LogP contribution is -2.31. The molecule has 0 aliphatic carbocycles. The lowest BCUT2D eigenvalue weighted by Gasteiger charge is -2.15. The van der Waals surface area contributed by atoms with Crippen molar-refractivity contribution in [1.29, 1.82) is 0 Å². The molecule has 0 aliphatic rings. The molecular weight excluding hydrogens is 433 g/mol. The zero-order valence-electron chi connectivity index (χ0n) is 17.9. The van der Waals surface area contributed by atoms with E-state index in [1.54, 1.807) is 28.9 Å². The summed E-state index contributed by atoms with van der Waals surface area (Å²) in [6, 6.07) is 6.77. The maximum atomic E-state index is 13.3. The Morgan fingerprint density at radius 1 is 1.24 bits per heavy atom. The molecule has 1 aromatic carbocycles. The number of nitrogens with zero attached hydrogens (tertiary/aromatic N) is 4. The second kappa shape index (κ2) is 9.45. The van der Waals surface area contributed by atoms with Gasteiger partial charge >= 0.3 is 12.0 Å². The molecule has 4 aromatic rings. The Kier molecular flexibility index (Phi) is 6.45. The third-order valence-corrected chi connectivity index (χ3v) is 4.97. The van der Waals surface area contributed by atoms with Crippen LogP contribution in [-0.2, 0) is 6.18 Å². The van der Waals surface area contributed by atoms with Gasteiger partial charge < -0.3 is 15.1 Å². The van der Waals surface area contributed by atoms with Crippen LogP contribution in [0.15, 0.2) is 66.1 Å². The number of alkyl halides is 3. The van der Waals surface area contributed by atoms with E-state index in [2.05, 4.69) is 32.2 Å². The summed E-state index contributed by atoms with van der Waals surface area (Å²) in [5.41, 5.74) is 0.912. The maximum absolute atomic E-state index is 13.3. The zero-order chi connectivity index (χ0) is 23.4. The summed E-state index contributed by atoms with van der Waals surface area (Å²) in [6.45, 7) is 7.22. The van der Waals surface area contributed by atoms with E-state index in [1.165, 1.54) is 12.3 Å². The summed E-state index contributed by atoms with van der Waals surface area (Å²) >= 11 is 0. The Balaban J connectivity index is 1.68. The number of nitrogens with one attached hydrogen (secondary N) is 2. The molecule has 0 bridgehead atoms. The SMILES string of the molecule is C=CCCNCC(C)Nc1nccc(-c2c(-c3cccc(C(F)(F)F)c3)nc3occn23)n1. The largest absolute Gasteiger partial charge is 0.432 e. The average Bonchev–Trinajstić information content (AvgIpc) is 3.38. The third kappa shape index (κ3) is 5.06. The zero-order valence-corrected chi connectivity index (χ0v) is 17.9. The number of oxazole rings is 1. The van der Waals surface area contributed by atoms with Crippen LogP contribution in [0.1, 0.15) is 18.9 Å². The molecule has 1 atom stereocenters. The van der Waals surface area contributed by atoms with Crippen LogP contribution < -0.4 is 10.6 Å². The van der Waals surface area contributed by atoms with Crippen LogP contribution in [0.25, 0.3) is 28.5 Å².